The van der Waals surface area contributed by atoms with Crippen LogP contribution in [0, 0.1) is 13.7 Å². The quantitative estimate of drug-likeness (QED) is 0.474. The minimum absolute atomic E-state index is 0.0752. The Labute approximate surface area is 133 Å². The molecule has 0 atom stereocenters. The Morgan fingerprint density at radius 2 is 2.20 bits per heavy atom. The molecule has 0 fully saturated rings. The molecule has 2 aromatic rings. The maximum atomic E-state index is 12.0. The number of halogens is 1. The first kappa shape index (κ1) is 14.9. The van der Waals surface area contributed by atoms with E-state index in [1.165, 1.54) is 17.0 Å². The van der Waals surface area contributed by atoms with Crippen LogP contribution in [0.2, 0.25) is 0 Å². The first-order valence-electron chi connectivity index (χ1n) is 5.82. The van der Waals surface area contributed by atoms with Gasteiger partial charge in [0, 0.05) is 27.1 Å². The lowest BCUT2D eigenvalue weighted by Gasteiger charge is -2.06. The van der Waals surface area contributed by atoms with Gasteiger partial charge in [-0.3, -0.25) is 14.9 Å². The molecule has 0 aliphatic rings. The van der Waals surface area contributed by atoms with Crippen LogP contribution in [0.1, 0.15) is 15.2 Å². The number of nitrogens with zero attached hydrogens (tertiary/aromatic N) is 1. The van der Waals surface area contributed by atoms with E-state index in [1.807, 2.05) is 40.1 Å². The number of carbonyl (C=O) groups excluding carboxylic acids is 1. The average molecular weight is 402 g/mol. The van der Waals surface area contributed by atoms with Crippen molar-refractivity contribution in [3.05, 3.63) is 59.8 Å². The number of rotatable bonds is 5. The second-order valence-electron chi connectivity index (χ2n) is 4.01. The Bertz CT molecular complexity index is 629. The van der Waals surface area contributed by atoms with Gasteiger partial charge in [-0.25, -0.2) is 0 Å². The van der Waals surface area contributed by atoms with E-state index < -0.39 is 4.92 Å². The molecular weight excluding hydrogens is 391 g/mol. The maximum Gasteiger partial charge on any atom is 0.270 e. The third kappa shape index (κ3) is 3.76. The number of nitrogens with one attached hydrogen (secondary N) is 1. The van der Waals surface area contributed by atoms with Crippen LogP contribution in [-0.4, -0.2) is 17.4 Å². The number of nitro groups is 1. The van der Waals surface area contributed by atoms with Crippen LogP contribution in [0.3, 0.4) is 0 Å². The molecule has 0 aliphatic heterocycles. The molecule has 1 amide bonds. The number of hydrogen-bond acceptors (Lipinski definition) is 4. The second-order valence-corrected chi connectivity index (χ2v) is 6.20. The van der Waals surface area contributed by atoms with Gasteiger partial charge in [0.2, 0.25) is 0 Å². The van der Waals surface area contributed by atoms with Crippen molar-refractivity contribution in [3.8, 4) is 0 Å². The topological polar surface area (TPSA) is 72.2 Å². The van der Waals surface area contributed by atoms with Crippen molar-refractivity contribution in [2.75, 3.05) is 6.54 Å². The predicted molar refractivity (Wildman–Crippen MR) is 86.2 cm³/mol. The minimum atomic E-state index is -0.501. The van der Waals surface area contributed by atoms with E-state index in [-0.39, 0.29) is 11.6 Å². The fourth-order valence-electron chi connectivity index (χ4n) is 1.65. The maximum absolute atomic E-state index is 12.0. The van der Waals surface area contributed by atoms with Crippen LogP contribution in [0.25, 0.3) is 0 Å². The molecule has 0 aliphatic carbocycles. The molecule has 0 saturated heterocycles. The van der Waals surface area contributed by atoms with Crippen LogP contribution < -0.4 is 5.32 Å². The van der Waals surface area contributed by atoms with Gasteiger partial charge in [-0.15, -0.1) is 11.3 Å². The van der Waals surface area contributed by atoms with Gasteiger partial charge in [0.1, 0.15) is 0 Å². The van der Waals surface area contributed by atoms with Gasteiger partial charge >= 0.3 is 0 Å². The molecule has 0 radical (unpaired) electrons. The summed E-state index contributed by atoms with van der Waals surface area (Å²) in [7, 11) is 0. The molecule has 0 bridgehead atoms. The Kier molecular flexibility index (Phi) is 5.07. The average Bonchev–Trinajstić information content (AvgIpc) is 2.92. The highest BCUT2D eigenvalue weighted by atomic mass is 127. The fraction of sp³-hybridized carbons (Fsp3) is 0.154. The second kappa shape index (κ2) is 6.80. The van der Waals surface area contributed by atoms with Crippen LogP contribution in [0.4, 0.5) is 5.69 Å². The Morgan fingerprint density at radius 1 is 1.40 bits per heavy atom. The highest BCUT2D eigenvalue weighted by molar-refractivity contribution is 14.1. The summed E-state index contributed by atoms with van der Waals surface area (Å²) in [5.41, 5.74) is 0.264. The standard InChI is InChI=1S/C13H11IN2O3S/c14-12-4-3-9(16(18)19)8-11(12)13(17)15-6-5-10-2-1-7-20-10/h1-4,7-8H,5-6H2,(H,15,17). The van der Waals surface area contributed by atoms with Gasteiger partial charge in [0.15, 0.2) is 0 Å². The summed E-state index contributed by atoms with van der Waals surface area (Å²) < 4.78 is 0.696. The van der Waals surface area contributed by atoms with E-state index in [0.717, 1.165) is 6.42 Å². The zero-order valence-corrected chi connectivity index (χ0v) is 13.3. The molecule has 1 N–H and O–H groups in total. The van der Waals surface area contributed by atoms with E-state index >= 15 is 0 Å². The lowest BCUT2D eigenvalue weighted by Crippen LogP contribution is -2.26. The first-order chi connectivity index (χ1) is 9.58. The number of nitro benzene ring substituents is 1. The van der Waals surface area contributed by atoms with E-state index in [2.05, 4.69) is 5.32 Å². The molecule has 1 aromatic carbocycles. The van der Waals surface area contributed by atoms with E-state index in [1.54, 1.807) is 17.4 Å². The summed E-state index contributed by atoms with van der Waals surface area (Å²) in [6.45, 7) is 0.512. The number of non-ortho nitro benzene ring substituents is 1. The van der Waals surface area contributed by atoms with Gasteiger partial charge in [-0.05, 0) is 46.5 Å². The van der Waals surface area contributed by atoms with Gasteiger partial charge in [-0.1, -0.05) is 6.07 Å². The Hall–Kier alpha value is -1.48. The van der Waals surface area contributed by atoms with Gasteiger partial charge in [-0.2, -0.15) is 0 Å². The molecule has 0 saturated carbocycles. The third-order valence-electron chi connectivity index (χ3n) is 2.64. The number of amides is 1. The molecule has 104 valence electrons. The van der Waals surface area contributed by atoms with Crippen molar-refractivity contribution in [2.24, 2.45) is 0 Å². The SMILES string of the molecule is O=C(NCCc1cccs1)c1cc([N+](=O)[O-])ccc1I. The Balaban J connectivity index is 2.01. The van der Waals surface area contributed by atoms with Crippen molar-refractivity contribution in [1.82, 2.24) is 5.32 Å². The molecule has 0 unspecified atom stereocenters. The zero-order valence-electron chi connectivity index (χ0n) is 10.3. The van der Waals surface area contributed by atoms with Crippen LogP contribution in [0.5, 0.6) is 0 Å². The molecule has 5 nitrogen and oxygen atoms in total. The number of carbonyl (C=O) groups is 1. The zero-order chi connectivity index (χ0) is 14.5. The minimum Gasteiger partial charge on any atom is -0.352 e. The Morgan fingerprint density at radius 3 is 2.85 bits per heavy atom. The number of benzene rings is 1. The van der Waals surface area contributed by atoms with Crippen LogP contribution in [-0.2, 0) is 6.42 Å². The number of thiophene rings is 1. The third-order valence-corrected chi connectivity index (χ3v) is 4.52. The summed E-state index contributed by atoms with van der Waals surface area (Å²) in [6, 6.07) is 8.25. The summed E-state index contributed by atoms with van der Waals surface area (Å²) in [4.78, 5) is 23.5. The molecule has 20 heavy (non-hydrogen) atoms. The van der Waals surface area contributed by atoms with Crippen molar-refractivity contribution in [1.29, 1.82) is 0 Å². The summed E-state index contributed by atoms with van der Waals surface area (Å²) in [5.74, 6) is -0.283. The van der Waals surface area contributed by atoms with Gasteiger partial charge < -0.3 is 5.32 Å². The van der Waals surface area contributed by atoms with Crippen molar-refractivity contribution >= 4 is 45.5 Å². The number of hydrogen-bond donors (Lipinski definition) is 1. The molecule has 1 aromatic heterocycles. The predicted octanol–water partition coefficient (Wildman–Crippen LogP) is 3.23. The summed E-state index contributed by atoms with van der Waals surface area (Å²) >= 11 is 3.63. The lowest BCUT2D eigenvalue weighted by atomic mass is 10.2. The highest BCUT2D eigenvalue weighted by Crippen LogP contribution is 2.19. The van der Waals surface area contributed by atoms with E-state index in [9.17, 15) is 14.9 Å². The van der Waals surface area contributed by atoms with Crippen molar-refractivity contribution in [2.45, 2.75) is 6.42 Å². The molecule has 1 heterocycles. The molecule has 0 spiro atoms. The van der Waals surface area contributed by atoms with Gasteiger partial charge in [0.05, 0.1) is 10.5 Å². The highest BCUT2D eigenvalue weighted by Gasteiger charge is 2.15. The largest absolute Gasteiger partial charge is 0.352 e. The smallest absolute Gasteiger partial charge is 0.270 e. The molecular formula is C13H11IN2O3S. The van der Waals surface area contributed by atoms with Crippen LogP contribution in [0.15, 0.2) is 35.7 Å². The lowest BCUT2D eigenvalue weighted by molar-refractivity contribution is -0.384. The summed E-state index contributed by atoms with van der Waals surface area (Å²) in [5, 5.41) is 15.5. The van der Waals surface area contributed by atoms with Crippen molar-refractivity contribution < 1.29 is 9.72 Å². The molecule has 7 heteroatoms. The summed E-state index contributed by atoms with van der Waals surface area (Å²) in [6.07, 6.45) is 0.759. The van der Waals surface area contributed by atoms with Gasteiger partial charge in [0.25, 0.3) is 11.6 Å². The monoisotopic (exact) mass is 402 g/mol. The first-order valence-corrected chi connectivity index (χ1v) is 7.78. The van der Waals surface area contributed by atoms with E-state index in [4.69, 9.17) is 0 Å². The normalized spacial score (nSPS) is 10.2. The van der Waals surface area contributed by atoms with E-state index in [0.29, 0.717) is 15.7 Å². The fourth-order valence-corrected chi connectivity index (χ4v) is 2.94. The molecule has 2 rings (SSSR count). The van der Waals surface area contributed by atoms with Crippen molar-refractivity contribution in [3.63, 3.8) is 0 Å². The van der Waals surface area contributed by atoms with Crippen LogP contribution >= 0.6 is 33.9 Å².